The van der Waals surface area contributed by atoms with Crippen LogP contribution in [0.2, 0.25) is 0 Å². The van der Waals surface area contributed by atoms with Crippen LogP contribution >= 0.6 is 11.3 Å². The van der Waals surface area contributed by atoms with Crippen LogP contribution in [0.4, 0.5) is 5.13 Å². The number of nitrogens with two attached hydrogens (primary N) is 1. The Morgan fingerprint density at radius 2 is 1.78 bits per heavy atom. The van der Waals surface area contributed by atoms with Crippen LogP contribution in [0.15, 0.2) is 53.9 Å². The van der Waals surface area contributed by atoms with Gasteiger partial charge in [0, 0.05) is 11.3 Å². The van der Waals surface area contributed by atoms with Gasteiger partial charge in [0.1, 0.15) is 11.5 Å². The average Bonchev–Trinajstić information content (AvgIpc) is 3.08. The molecule has 0 spiro atoms. The zero-order valence-corrected chi connectivity index (χ0v) is 16.6. The number of rotatable bonds is 8. The molecule has 1 heterocycles. The molecule has 3 rings (SSSR count). The Balaban J connectivity index is 1.75. The zero-order valence-electron chi connectivity index (χ0n) is 15.8. The minimum atomic E-state index is 0.0897. The van der Waals surface area contributed by atoms with Gasteiger partial charge < -0.3 is 15.6 Å². The molecule has 0 saturated heterocycles. The van der Waals surface area contributed by atoms with Crippen LogP contribution in [0.3, 0.4) is 0 Å². The molecule has 0 amide bonds. The van der Waals surface area contributed by atoms with Crippen LogP contribution in [0.25, 0.3) is 0 Å². The second-order valence-corrected chi connectivity index (χ2v) is 8.02. The molecule has 4 nitrogen and oxygen atoms in total. The first-order valence-electron chi connectivity index (χ1n) is 9.23. The number of thiazole rings is 1. The largest absolute Gasteiger partial charge is 0.508 e. The van der Waals surface area contributed by atoms with E-state index in [9.17, 15) is 5.11 Å². The summed E-state index contributed by atoms with van der Waals surface area (Å²) in [6.45, 7) is 5.13. The molecule has 0 saturated carbocycles. The van der Waals surface area contributed by atoms with Crippen molar-refractivity contribution >= 4 is 16.5 Å². The Labute approximate surface area is 164 Å². The van der Waals surface area contributed by atoms with E-state index in [1.54, 1.807) is 12.1 Å². The van der Waals surface area contributed by atoms with E-state index in [1.165, 1.54) is 16.9 Å². The molecule has 142 valence electrons. The van der Waals surface area contributed by atoms with Gasteiger partial charge in [0.2, 0.25) is 0 Å². The Morgan fingerprint density at radius 3 is 2.37 bits per heavy atom. The molecular formula is C22H26N2O2S. The number of benzene rings is 2. The van der Waals surface area contributed by atoms with Gasteiger partial charge in [-0.2, -0.15) is 0 Å². The molecule has 27 heavy (non-hydrogen) atoms. The molecule has 3 N–H and O–H groups in total. The summed E-state index contributed by atoms with van der Waals surface area (Å²) in [5.41, 5.74) is 9.12. The molecule has 0 aliphatic rings. The van der Waals surface area contributed by atoms with E-state index in [2.05, 4.69) is 31.0 Å². The lowest BCUT2D eigenvalue weighted by molar-refractivity contribution is 0.289. The van der Waals surface area contributed by atoms with Crippen LogP contribution in [0.1, 0.15) is 43.0 Å². The number of hydrogen-bond acceptors (Lipinski definition) is 5. The second kappa shape index (κ2) is 8.91. The highest BCUT2D eigenvalue weighted by molar-refractivity contribution is 7.13. The number of ether oxygens (including phenoxy) is 1. The number of aromatic hydroxyl groups is 1. The quantitative estimate of drug-likeness (QED) is 0.560. The van der Waals surface area contributed by atoms with Gasteiger partial charge in [-0.25, -0.2) is 4.98 Å². The fraction of sp³-hybridized carbons (Fsp3) is 0.318. The highest BCUT2D eigenvalue weighted by Gasteiger charge is 2.18. The summed E-state index contributed by atoms with van der Waals surface area (Å²) < 4.78 is 5.81. The maximum absolute atomic E-state index is 9.59. The van der Waals surface area contributed by atoms with E-state index in [0.717, 1.165) is 36.5 Å². The third-order valence-corrected chi connectivity index (χ3v) is 5.21. The fourth-order valence-electron chi connectivity index (χ4n) is 2.93. The van der Waals surface area contributed by atoms with Gasteiger partial charge in [-0.15, -0.1) is 11.3 Å². The van der Waals surface area contributed by atoms with Gasteiger partial charge in [0.25, 0.3) is 0 Å². The van der Waals surface area contributed by atoms with Gasteiger partial charge in [0.05, 0.1) is 12.3 Å². The third-order valence-electron chi connectivity index (χ3n) is 4.52. The number of hydrogen-bond donors (Lipinski definition) is 2. The van der Waals surface area contributed by atoms with Crippen molar-refractivity contribution in [3.63, 3.8) is 0 Å². The number of aromatic nitrogens is 1. The molecule has 0 bridgehead atoms. The Kier molecular flexibility index (Phi) is 6.35. The molecule has 1 atom stereocenters. The lowest BCUT2D eigenvalue weighted by atomic mass is 9.89. The topological polar surface area (TPSA) is 68.4 Å². The van der Waals surface area contributed by atoms with Crippen LogP contribution in [0, 0.1) is 5.92 Å². The average molecular weight is 383 g/mol. The predicted molar refractivity (Wildman–Crippen MR) is 112 cm³/mol. The van der Waals surface area contributed by atoms with Crippen molar-refractivity contribution in [1.82, 2.24) is 4.98 Å². The molecule has 1 aromatic heterocycles. The molecule has 3 aromatic rings. The van der Waals surface area contributed by atoms with Gasteiger partial charge in [-0.1, -0.05) is 38.1 Å². The van der Waals surface area contributed by atoms with Crippen molar-refractivity contribution < 1.29 is 9.84 Å². The molecule has 2 aromatic carbocycles. The number of phenols is 1. The molecule has 0 radical (unpaired) electrons. The number of anilines is 1. The van der Waals surface area contributed by atoms with E-state index in [1.807, 2.05) is 29.6 Å². The van der Waals surface area contributed by atoms with Crippen LogP contribution in [0.5, 0.6) is 11.5 Å². The smallest absolute Gasteiger partial charge is 0.180 e. The molecule has 5 heteroatoms. The summed E-state index contributed by atoms with van der Waals surface area (Å²) in [6.07, 6.45) is 1.86. The lowest BCUT2D eigenvalue weighted by Gasteiger charge is -2.16. The van der Waals surface area contributed by atoms with Crippen molar-refractivity contribution in [2.75, 3.05) is 12.3 Å². The van der Waals surface area contributed by atoms with Crippen molar-refractivity contribution in [3.8, 4) is 11.5 Å². The third kappa shape index (κ3) is 5.47. The highest BCUT2D eigenvalue weighted by atomic mass is 32.1. The van der Waals surface area contributed by atoms with Gasteiger partial charge in [0.15, 0.2) is 5.13 Å². The van der Waals surface area contributed by atoms with Crippen molar-refractivity contribution in [2.24, 2.45) is 5.92 Å². The lowest BCUT2D eigenvalue weighted by Crippen LogP contribution is -2.06. The minimum Gasteiger partial charge on any atom is -0.508 e. The molecule has 0 aliphatic carbocycles. The maximum Gasteiger partial charge on any atom is 0.180 e. The minimum absolute atomic E-state index is 0.0897. The number of nitrogen functional groups attached to an aromatic ring is 1. The summed E-state index contributed by atoms with van der Waals surface area (Å²) in [6, 6.07) is 15.6. The van der Waals surface area contributed by atoms with E-state index in [-0.39, 0.29) is 11.7 Å². The zero-order chi connectivity index (χ0) is 19.2. The maximum atomic E-state index is 9.59. The summed E-state index contributed by atoms with van der Waals surface area (Å²) in [5.74, 6) is 1.89. The fourth-order valence-corrected chi connectivity index (χ4v) is 3.55. The van der Waals surface area contributed by atoms with Crippen molar-refractivity contribution in [2.45, 2.75) is 32.6 Å². The highest BCUT2D eigenvalue weighted by Crippen LogP contribution is 2.31. The molecule has 0 aliphatic heterocycles. The molecule has 1 unspecified atom stereocenters. The van der Waals surface area contributed by atoms with E-state index in [4.69, 9.17) is 10.5 Å². The number of phenolic OH excluding ortho intramolecular Hbond substituents is 1. The monoisotopic (exact) mass is 382 g/mol. The van der Waals surface area contributed by atoms with E-state index in [0.29, 0.717) is 11.0 Å². The number of nitrogens with zero attached hydrogens (tertiary/aromatic N) is 1. The van der Waals surface area contributed by atoms with Crippen LogP contribution in [-0.2, 0) is 6.42 Å². The summed E-state index contributed by atoms with van der Waals surface area (Å²) >= 11 is 1.45. The van der Waals surface area contributed by atoms with E-state index >= 15 is 0 Å². The summed E-state index contributed by atoms with van der Waals surface area (Å²) in [4.78, 5) is 4.49. The molecule has 0 fully saturated rings. The Hall–Kier alpha value is -2.53. The first kappa shape index (κ1) is 19.2. The first-order chi connectivity index (χ1) is 13.0. The van der Waals surface area contributed by atoms with Gasteiger partial charge in [-0.3, -0.25) is 0 Å². The second-order valence-electron chi connectivity index (χ2n) is 7.13. The van der Waals surface area contributed by atoms with E-state index < -0.39 is 0 Å². The standard InChI is InChI=1S/C22H26N2O2S/c1-15(2)11-12-26-19-9-3-16(4-10-19)13-20(21-14-27-22(23)24-21)17-5-7-18(25)8-6-17/h3-10,14-15,20,25H,11-13H2,1-2H3,(H2,23,24). The van der Waals surface area contributed by atoms with Gasteiger partial charge >= 0.3 is 0 Å². The first-order valence-corrected chi connectivity index (χ1v) is 10.1. The molecular weight excluding hydrogens is 356 g/mol. The SMILES string of the molecule is CC(C)CCOc1ccc(CC(c2ccc(O)cc2)c2csc(N)n2)cc1. The van der Waals surface area contributed by atoms with Crippen LogP contribution < -0.4 is 10.5 Å². The predicted octanol–water partition coefficient (Wildman–Crippen LogP) is 5.23. The Bertz CT molecular complexity index is 842. The van der Waals surface area contributed by atoms with Gasteiger partial charge in [-0.05, 0) is 54.2 Å². The Morgan fingerprint density at radius 1 is 1.07 bits per heavy atom. The van der Waals surface area contributed by atoms with Crippen LogP contribution in [-0.4, -0.2) is 16.7 Å². The van der Waals surface area contributed by atoms with Crippen molar-refractivity contribution in [1.29, 1.82) is 0 Å². The summed E-state index contributed by atoms with van der Waals surface area (Å²) in [5, 5.41) is 12.2. The van der Waals surface area contributed by atoms with Crippen molar-refractivity contribution in [3.05, 3.63) is 70.7 Å². The normalized spacial score (nSPS) is 12.3. The summed E-state index contributed by atoms with van der Waals surface area (Å²) in [7, 11) is 0.